The average molecular weight is 669 g/mol. The Hall–Kier alpha value is -2.12. The van der Waals surface area contributed by atoms with Gasteiger partial charge in [0.2, 0.25) is 0 Å². The highest BCUT2D eigenvalue weighted by Gasteiger charge is 2.57. The number of halogens is 1. The summed E-state index contributed by atoms with van der Waals surface area (Å²) < 4.78 is 70.7. The van der Waals surface area contributed by atoms with Crippen molar-refractivity contribution in [2.75, 3.05) is 26.5 Å². The number of rotatable bonds is 15. The SMILES string of the molecule is C=C1NC(=O)C(C)=CN1[C@@H]1O[C@H](COP(C)(=O)N[C@@H](C)C(=O)OC(C)C)C(C)(COP(C)(=O)N[C@@H](C)C(=O)OC(C)C)[C@H]1F. The van der Waals surface area contributed by atoms with Gasteiger partial charge in [0.1, 0.15) is 17.9 Å². The average Bonchev–Trinajstić information content (AvgIpc) is 3.12. The van der Waals surface area contributed by atoms with Crippen LogP contribution in [0.25, 0.3) is 0 Å². The molecule has 44 heavy (non-hydrogen) atoms. The van der Waals surface area contributed by atoms with Crippen molar-refractivity contribution in [3.8, 4) is 0 Å². The van der Waals surface area contributed by atoms with Crippen molar-refractivity contribution in [1.29, 1.82) is 0 Å². The van der Waals surface area contributed by atoms with Crippen LogP contribution in [0.2, 0.25) is 0 Å². The molecule has 14 nitrogen and oxygen atoms in total. The number of alkyl halides is 1. The van der Waals surface area contributed by atoms with E-state index in [-0.39, 0.29) is 23.6 Å². The summed E-state index contributed by atoms with van der Waals surface area (Å²) in [6, 6.07) is -1.95. The molecule has 17 heteroatoms. The van der Waals surface area contributed by atoms with Gasteiger partial charge in [0.05, 0.1) is 36.9 Å². The third-order valence-corrected chi connectivity index (χ3v) is 9.79. The predicted molar refractivity (Wildman–Crippen MR) is 161 cm³/mol. The maximum absolute atomic E-state index is 16.4. The molecule has 1 fully saturated rings. The molecule has 0 bridgehead atoms. The molecule has 252 valence electrons. The van der Waals surface area contributed by atoms with E-state index in [1.807, 2.05) is 0 Å². The Labute approximate surface area is 258 Å². The number of carbonyl (C=O) groups is 3. The lowest BCUT2D eigenvalue weighted by Gasteiger charge is -2.35. The van der Waals surface area contributed by atoms with Gasteiger partial charge in [-0.25, -0.2) is 14.6 Å². The molecule has 0 spiro atoms. The molecule has 3 unspecified atom stereocenters. The van der Waals surface area contributed by atoms with Crippen LogP contribution in [0, 0.1) is 5.41 Å². The van der Waals surface area contributed by atoms with E-state index >= 15 is 4.39 Å². The molecule has 2 rings (SSSR count). The second-order valence-electron chi connectivity index (χ2n) is 12.0. The van der Waals surface area contributed by atoms with Crippen LogP contribution in [0.4, 0.5) is 4.39 Å². The first-order chi connectivity index (χ1) is 20.1. The van der Waals surface area contributed by atoms with Crippen LogP contribution in [0.5, 0.6) is 0 Å². The van der Waals surface area contributed by atoms with E-state index in [1.54, 1.807) is 27.7 Å². The minimum Gasteiger partial charge on any atom is -0.462 e. The fourth-order valence-electron chi connectivity index (χ4n) is 4.40. The highest BCUT2D eigenvalue weighted by molar-refractivity contribution is 7.56. The zero-order valence-corrected chi connectivity index (χ0v) is 28.8. The van der Waals surface area contributed by atoms with Crippen molar-refractivity contribution in [3.63, 3.8) is 0 Å². The fourth-order valence-corrected chi connectivity index (χ4v) is 7.11. The quantitative estimate of drug-likeness (QED) is 0.172. The lowest BCUT2D eigenvalue weighted by atomic mass is 9.82. The van der Waals surface area contributed by atoms with Gasteiger partial charge < -0.3 is 33.5 Å². The van der Waals surface area contributed by atoms with Crippen LogP contribution in [0.3, 0.4) is 0 Å². The van der Waals surface area contributed by atoms with Crippen molar-refractivity contribution in [2.24, 2.45) is 5.41 Å². The van der Waals surface area contributed by atoms with Gasteiger partial charge in [-0.05, 0) is 48.5 Å². The van der Waals surface area contributed by atoms with Gasteiger partial charge in [-0.1, -0.05) is 13.5 Å². The van der Waals surface area contributed by atoms with E-state index in [4.69, 9.17) is 23.3 Å². The first kappa shape index (κ1) is 38.1. The molecule has 1 saturated heterocycles. The largest absolute Gasteiger partial charge is 0.462 e. The summed E-state index contributed by atoms with van der Waals surface area (Å²) in [6.45, 7) is 18.1. The molecule has 0 aromatic rings. The van der Waals surface area contributed by atoms with E-state index in [1.165, 1.54) is 52.1 Å². The van der Waals surface area contributed by atoms with Crippen molar-refractivity contribution < 1.29 is 51.2 Å². The molecule has 2 aliphatic heterocycles. The second kappa shape index (κ2) is 15.0. The Morgan fingerprint density at radius 2 is 1.52 bits per heavy atom. The summed E-state index contributed by atoms with van der Waals surface area (Å²) in [5.41, 5.74) is -1.27. The van der Waals surface area contributed by atoms with Gasteiger partial charge in [-0.3, -0.25) is 23.5 Å². The number of hydrogen-bond donors (Lipinski definition) is 3. The molecule has 0 aliphatic carbocycles. The van der Waals surface area contributed by atoms with Crippen molar-refractivity contribution in [1.82, 2.24) is 20.4 Å². The van der Waals surface area contributed by atoms with Crippen LogP contribution in [-0.2, 0) is 46.8 Å². The predicted octanol–water partition coefficient (Wildman–Crippen LogP) is 3.40. The van der Waals surface area contributed by atoms with Gasteiger partial charge in [0.15, 0.2) is 12.4 Å². The van der Waals surface area contributed by atoms with Crippen LogP contribution in [-0.4, -0.2) is 92.1 Å². The minimum absolute atomic E-state index is 0.0683. The summed E-state index contributed by atoms with van der Waals surface area (Å²) in [7, 11) is -7.36. The normalized spacial score (nSPS) is 28.2. The van der Waals surface area contributed by atoms with Gasteiger partial charge >= 0.3 is 11.9 Å². The van der Waals surface area contributed by atoms with Crippen molar-refractivity contribution in [2.45, 2.75) is 98.2 Å². The number of amides is 1. The topological polar surface area (TPSA) is 171 Å². The van der Waals surface area contributed by atoms with Crippen LogP contribution >= 0.6 is 15.0 Å². The zero-order valence-electron chi connectivity index (χ0n) is 27.0. The smallest absolute Gasteiger partial charge is 0.323 e. The molecule has 8 atom stereocenters. The lowest BCUT2D eigenvalue weighted by Crippen LogP contribution is -2.48. The van der Waals surface area contributed by atoms with E-state index in [9.17, 15) is 23.5 Å². The molecule has 0 aromatic carbocycles. The van der Waals surface area contributed by atoms with Gasteiger partial charge in [-0.15, -0.1) is 0 Å². The van der Waals surface area contributed by atoms with E-state index in [0.29, 0.717) is 0 Å². The highest BCUT2D eigenvalue weighted by Crippen LogP contribution is 2.49. The third kappa shape index (κ3) is 10.2. The van der Waals surface area contributed by atoms with Crippen molar-refractivity contribution in [3.05, 3.63) is 24.2 Å². The summed E-state index contributed by atoms with van der Waals surface area (Å²) in [5.74, 6) is -1.60. The molecule has 0 aromatic heterocycles. The Morgan fingerprint density at radius 1 is 1.05 bits per heavy atom. The van der Waals surface area contributed by atoms with Crippen LogP contribution < -0.4 is 15.5 Å². The molecular weight excluding hydrogens is 621 g/mol. The Kier molecular flexibility index (Phi) is 13.0. The van der Waals surface area contributed by atoms with Crippen LogP contribution in [0.1, 0.15) is 55.4 Å². The minimum atomic E-state index is -3.70. The number of ether oxygens (including phenoxy) is 3. The molecular formula is C27H47FN4O10P2. The molecule has 0 saturated carbocycles. The molecule has 1 amide bonds. The maximum atomic E-state index is 16.4. The fraction of sp³-hybridized carbons (Fsp3) is 0.741. The monoisotopic (exact) mass is 668 g/mol. The van der Waals surface area contributed by atoms with Gasteiger partial charge in [0.25, 0.3) is 20.9 Å². The first-order valence-corrected chi connectivity index (χ1v) is 18.4. The Morgan fingerprint density at radius 3 is 2.00 bits per heavy atom. The zero-order chi connectivity index (χ0) is 33.8. The van der Waals surface area contributed by atoms with Gasteiger partial charge in [-0.2, -0.15) is 0 Å². The number of carbonyl (C=O) groups excluding carboxylic acids is 3. The number of nitrogens with one attached hydrogen (secondary N) is 3. The molecule has 2 heterocycles. The number of nitrogens with zero attached hydrogens (tertiary/aromatic N) is 1. The van der Waals surface area contributed by atoms with Crippen molar-refractivity contribution >= 4 is 32.9 Å². The highest BCUT2D eigenvalue weighted by atomic mass is 31.2. The summed E-state index contributed by atoms with van der Waals surface area (Å²) in [6.07, 6.45) is -3.66. The summed E-state index contributed by atoms with van der Waals surface area (Å²) >= 11 is 0. The van der Waals surface area contributed by atoms with E-state index in [0.717, 1.165) is 0 Å². The van der Waals surface area contributed by atoms with Crippen LogP contribution in [0.15, 0.2) is 24.2 Å². The maximum Gasteiger partial charge on any atom is 0.323 e. The second-order valence-corrected chi connectivity index (χ2v) is 16.4. The standard InChI is InChI=1S/C27H47FN4O10P2/c1-15(2)40-25(34)18(6)30-43(10,36)38-13-21-27(9,14-39-44(11,37)31-19(7)26(35)41-16(3)4)22(28)24(42-21)32-12-17(5)23(33)29-20(32)8/h12,15-16,18-19,21-22,24H,8,13-14H2,1-7,9-11H3,(H,29,33)(H,30,36)(H,31,37)/t18-,19-,21+,22-,24+,27?,43?,44?/m0/s1. The third-order valence-electron chi connectivity index (χ3n) is 6.82. The lowest BCUT2D eigenvalue weighted by molar-refractivity contribution is -0.149. The number of hydrogen-bond acceptors (Lipinski definition) is 11. The summed E-state index contributed by atoms with van der Waals surface area (Å²) in [5, 5.41) is 7.77. The first-order valence-electron chi connectivity index (χ1n) is 14.3. The Balaban J connectivity index is 2.28. The summed E-state index contributed by atoms with van der Waals surface area (Å²) in [4.78, 5) is 37.9. The Bertz CT molecular complexity index is 1230. The number of esters is 2. The van der Waals surface area contributed by atoms with E-state index in [2.05, 4.69) is 22.1 Å². The molecule has 2 aliphatic rings. The molecule has 0 radical (unpaired) electrons. The van der Waals surface area contributed by atoms with Gasteiger partial charge in [0, 0.05) is 25.1 Å². The molecule has 3 N–H and O–H groups in total. The van der Waals surface area contributed by atoms with E-state index < -0.39 is 82.1 Å².